The molecule has 1 aromatic carbocycles. The van der Waals surface area contributed by atoms with Crippen LogP contribution in [-0.4, -0.2) is 56.7 Å². The van der Waals surface area contributed by atoms with Gasteiger partial charge in [-0.25, -0.2) is 0 Å². The molecular weight excluding hydrogens is 507 g/mol. The van der Waals surface area contributed by atoms with E-state index in [9.17, 15) is 4.79 Å². The summed E-state index contributed by atoms with van der Waals surface area (Å²) in [5, 5.41) is 6.83. The summed E-state index contributed by atoms with van der Waals surface area (Å²) >= 11 is 0. The van der Waals surface area contributed by atoms with Crippen LogP contribution in [0.1, 0.15) is 51.0 Å². The molecule has 1 saturated heterocycles. The van der Waals surface area contributed by atoms with Crippen molar-refractivity contribution < 1.29 is 14.3 Å². The number of nitrogens with zero attached hydrogens (tertiary/aromatic N) is 2. The number of nitrogens with one attached hydrogen (secondary N) is 2. The second kappa shape index (κ2) is 13.0. The van der Waals surface area contributed by atoms with Crippen molar-refractivity contribution in [3.8, 4) is 11.5 Å². The van der Waals surface area contributed by atoms with Crippen LogP contribution in [0.5, 0.6) is 11.5 Å². The van der Waals surface area contributed by atoms with E-state index in [0.29, 0.717) is 19.1 Å². The number of likely N-dealkylation sites (tertiary alicyclic amines) is 1. The molecule has 1 aliphatic heterocycles. The van der Waals surface area contributed by atoms with E-state index in [-0.39, 0.29) is 35.9 Å². The highest BCUT2D eigenvalue weighted by Crippen LogP contribution is 2.29. The van der Waals surface area contributed by atoms with E-state index in [1.54, 1.807) is 14.2 Å². The van der Waals surface area contributed by atoms with Crippen LogP contribution >= 0.6 is 24.0 Å². The minimum atomic E-state index is 0. The Labute approximate surface area is 203 Å². The SMILES string of the molecule is CCCOc1ccc(CNC(=NC)NC2CCN(C(=O)C3CCCC3)C2)cc1OC.I. The van der Waals surface area contributed by atoms with Gasteiger partial charge in [-0.1, -0.05) is 25.8 Å². The lowest BCUT2D eigenvalue weighted by molar-refractivity contribution is -0.134. The van der Waals surface area contributed by atoms with Gasteiger partial charge >= 0.3 is 0 Å². The fraction of sp³-hybridized carbons (Fsp3) is 0.652. The molecule has 0 aromatic heterocycles. The average Bonchev–Trinajstić information content (AvgIpc) is 3.47. The number of amides is 1. The largest absolute Gasteiger partial charge is 0.493 e. The Morgan fingerprint density at radius 2 is 2.00 bits per heavy atom. The molecule has 174 valence electrons. The molecule has 1 atom stereocenters. The molecule has 1 heterocycles. The highest BCUT2D eigenvalue weighted by molar-refractivity contribution is 14.0. The Morgan fingerprint density at radius 1 is 1.23 bits per heavy atom. The van der Waals surface area contributed by atoms with Crippen LogP contribution in [0.2, 0.25) is 0 Å². The third kappa shape index (κ3) is 7.15. The number of benzene rings is 1. The van der Waals surface area contributed by atoms with Gasteiger partial charge in [0.1, 0.15) is 0 Å². The van der Waals surface area contributed by atoms with Gasteiger partial charge in [-0.05, 0) is 43.4 Å². The number of hydrogen-bond acceptors (Lipinski definition) is 4. The van der Waals surface area contributed by atoms with Crippen LogP contribution in [0.4, 0.5) is 0 Å². The van der Waals surface area contributed by atoms with Gasteiger partial charge in [0.2, 0.25) is 5.91 Å². The lowest BCUT2D eigenvalue weighted by Crippen LogP contribution is -2.45. The molecule has 1 amide bonds. The molecule has 8 heteroatoms. The Morgan fingerprint density at radius 3 is 2.68 bits per heavy atom. The summed E-state index contributed by atoms with van der Waals surface area (Å²) < 4.78 is 11.2. The maximum atomic E-state index is 12.6. The Hall–Kier alpha value is -1.71. The molecule has 0 spiro atoms. The Balaban J connectivity index is 0.00000341. The van der Waals surface area contributed by atoms with E-state index in [1.165, 1.54) is 12.8 Å². The average molecular weight is 544 g/mol. The number of guanidine groups is 1. The molecule has 2 fully saturated rings. The number of ether oxygens (including phenoxy) is 2. The number of rotatable bonds is 8. The second-order valence-corrected chi connectivity index (χ2v) is 8.16. The molecular formula is C23H37IN4O3. The monoisotopic (exact) mass is 544 g/mol. The van der Waals surface area contributed by atoms with E-state index in [4.69, 9.17) is 9.47 Å². The van der Waals surface area contributed by atoms with Crippen molar-refractivity contribution in [3.05, 3.63) is 23.8 Å². The molecule has 1 aliphatic carbocycles. The third-order valence-electron chi connectivity index (χ3n) is 5.92. The predicted molar refractivity (Wildman–Crippen MR) is 134 cm³/mol. The van der Waals surface area contributed by atoms with E-state index < -0.39 is 0 Å². The summed E-state index contributed by atoms with van der Waals surface area (Å²) in [7, 11) is 3.43. The first kappa shape index (κ1) is 25.5. The van der Waals surface area contributed by atoms with Crippen molar-refractivity contribution in [2.24, 2.45) is 10.9 Å². The zero-order valence-electron chi connectivity index (χ0n) is 19.0. The number of aliphatic imine (C=N–C) groups is 1. The zero-order valence-corrected chi connectivity index (χ0v) is 21.3. The zero-order chi connectivity index (χ0) is 21.3. The van der Waals surface area contributed by atoms with E-state index in [1.807, 2.05) is 23.1 Å². The van der Waals surface area contributed by atoms with Gasteiger partial charge < -0.3 is 25.0 Å². The summed E-state index contributed by atoms with van der Waals surface area (Å²) in [6, 6.07) is 6.21. The van der Waals surface area contributed by atoms with E-state index in [0.717, 1.165) is 61.8 Å². The molecule has 1 unspecified atom stereocenters. The highest BCUT2D eigenvalue weighted by Gasteiger charge is 2.32. The van der Waals surface area contributed by atoms with E-state index in [2.05, 4.69) is 22.5 Å². The number of hydrogen-bond donors (Lipinski definition) is 2. The predicted octanol–water partition coefficient (Wildman–Crippen LogP) is 3.56. The first-order valence-corrected chi connectivity index (χ1v) is 11.2. The van der Waals surface area contributed by atoms with Crippen molar-refractivity contribution in [2.45, 2.75) is 58.0 Å². The van der Waals surface area contributed by atoms with Crippen LogP contribution in [0.15, 0.2) is 23.2 Å². The van der Waals surface area contributed by atoms with Crippen molar-refractivity contribution in [1.29, 1.82) is 0 Å². The van der Waals surface area contributed by atoms with Crippen LogP contribution in [0, 0.1) is 5.92 Å². The normalized spacial score (nSPS) is 19.1. The Bertz CT molecular complexity index is 738. The van der Waals surface area contributed by atoms with Crippen LogP contribution < -0.4 is 20.1 Å². The molecule has 3 rings (SSSR count). The van der Waals surface area contributed by atoms with Crippen LogP contribution in [0.25, 0.3) is 0 Å². The number of carbonyl (C=O) groups excluding carboxylic acids is 1. The number of halogens is 1. The first-order valence-electron chi connectivity index (χ1n) is 11.2. The summed E-state index contributed by atoms with van der Waals surface area (Å²) in [4.78, 5) is 19.0. The topological polar surface area (TPSA) is 75.2 Å². The maximum Gasteiger partial charge on any atom is 0.225 e. The van der Waals surface area contributed by atoms with Gasteiger partial charge in [0.25, 0.3) is 0 Å². The lowest BCUT2D eigenvalue weighted by atomic mass is 10.1. The highest BCUT2D eigenvalue weighted by atomic mass is 127. The lowest BCUT2D eigenvalue weighted by Gasteiger charge is -2.21. The molecule has 2 aliphatic rings. The summed E-state index contributed by atoms with van der Waals surface area (Å²) in [5.74, 6) is 2.85. The standard InChI is InChI=1S/C23H36N4O3.HI/c1-4-13-30-20-10-9-17(14-21(20)29-3)15-25-23(24-2)26-19-11-12-27(16-19)22(28)18-7-5-6-8-18;/h9-10,14,18-19H,4-8,11-13,15-16H2,1-3H3,(H2,24,25,26);1H. The molecule has 2 N–H and O–H groups in total. The first-order chi connectivity index (χ1) is 14.6. The van der Waals surface area contributed by atoms with Gasteiger partial charge in [-0.15, -0.1) is 24.0 Å². The molecule has 31 heavy (non-hydrogen) atoms. The molecule has 0 radical (unpaired) electrons. The fourth-order valence-electron chi connectivity index (χ4n) is 4.24. The van der Waals surface area contributed by atoms with E-state index >= 15 is 0 Å². The second-order valence-electron chi connectivity index (χ2n) is 8.16. The van der Waals surface area contributed by atoms with Crippen molar-refractivity contribution >= 4 is 35.8 Å². The number of methoxy groups -OCH3 is 1. The quantitative estimate of drug-likeness (QED) is 0.298. The summed E-state index contributed by atoms with van der Waals surface area (Å²) in [5.41, 5.74) is 1.09. The van der Waals surface area contributed by atoms with Crippen LogP contribution in [0.3, 0.4) is 0 Å². The van der Waals surface area contributed by atoms with Gasteiger partial charge in [0.15, 0.2) is 17.5 Å². The molecule has 0 bridgehead atoms. The van der Waals surface area contributed by atoms with Gasteiger partial charge in [-0.2, -0.15) is 0 Å². The van der Waals surface area contributed by atoms with Crippen molar-refractivity contribution in [1.82, 2.24) is 15.5 Å². The minimum absolute atomic E-state index is 0. The van der Waals surface area contributed by atoms with Crippen molar-refractivity contribution in [2.75, 3.05) is 33.9 Å². The summed E-state index contributed by atoms with van der Waals surface area (Å²) in [6.45, 7) is 4.97. The molecule has 7 nitrogen and oxygen atoms in total. The molecule has 1 aromatic rings. The summed E-state index contributed by atoms with van der Waals surface area (Å²) in [6.07, 6.45) is 6.42. The molecule has 1 saturated carbocycles. The van der Waals surface area contributed by atoms with Gasteiger partial charge in [0.05, 0.1) is 13.7 Å². The number of carbonyl (C=O) groups is 1. The van der Waals surface area contributed by atoms with Crippen molar-refractivity contribution in [3.63, 3.8) is 0 Å². The van der Waals surface area contributed by atoms with Gasteiger partial charge in [0, 0.05) is 38.6 Å². The third-order valence-corrected chi connectivity index (χ3v) is 5.92. The maximum absolute atomic E-state index is 12.6. The Kier molecular flexibility index (Phi) is 10.7. The minimum Gasteiger partial charge on any atom is -0.493 e. The van der Waals surface area contributed by atoms with Gasteiger partial charge in [-0.3, -0.25) is 9.79 Å². The van der Waals surface area contributed by atoms with Crippen LogP contribution in [-0.2, 0) is 11.3 Å². The smallest absolute Gasteiger partial charge is 0.225 e. The fourth-order valence-corrected chi connectivity index (χ4v) is 4.24.